The van der Waals surface area contributed by atoms with Crippen molar-refractivity contribution < 1.29 is 49.6 Å². The smallest absolute Gasteiger partial charge is 0.431 e. The molecule has 0 spiro atoms. The SMILES string of the molecule is O=C(OCCCC(F)(F)C(F)(F)S(=O)(=O)O)c1cc2ccccc2cc1C(=O)OC1CCCCC1. The summed E-state index contributed by atoms with van der Waals surface area (Å²) >= 11 is 0. The van der Waals surface area contributed by atoms with E-state index in [1.165, 1.54) is 12.1 Å². The van der Waals surface area contributed by atoms with Gasteiger partial charge >= 0.3 is 33.2 Å². The van der Waals surface area contributed by atoms with Crippen molar-refractivity contribution >= 4 is 32.8 Å². The number of halogens is 4. The van der Waals surface area contributed by atoms with Crippen LogP contribution in [0.5, 0.6) is 0 Å². The van der Waals surface area contributed by atoms with Gasteiger partial charge in [-0.15, -0.1) is 0 Å². The summed E-state index contributed by atoms with van der Waals surface area (Å²) < 4.78 is 93.8. The Labute approximate surface area is 199 Å². The Hall–Kier alpha value is -2.73. The molecule has 2 aromatic carbocycles. The van der Waals surface area contributed by atoms with Crippen LogP contribution in [0.25, 0.3) is 10.8 Å². The van der Waals surface area contributed by atoms with Gasteiger partial charge in [-0.1, -0.05) is 30.7 Å². The van der Waals surface area contributed by atoms with Crippen LogP contribution < -0.4 is 0 Å². The van der Waals surface area contributed by atoms with Gasteiger partial charge in [0.1, 0.15) is 6.10 Å². The van der Waals surface area contributed by atoms with Gasteiger partial charge in [-0.2, -0.15) is 26.0 Å². The zero-order chi connectivity index (χ0) is 25.9. The molecule has 0 unspecified atom stereocenters. The van der Waals surface area contributed by atoms with E-state index in [9.17, 15) is 35.6 Å². The Morgan fingerprint density at radius 1 is 0.943 bits per heavy atom. The molecule has 0 amide bonds. The monoisotopic (exact) mass is 520 g/mol. The molecule has 1 saturated carbocycles. The van der Waals surface area contributed by atoms with Crippen LogP contribution in [0.3, 0.4) is 0 Å². The van der Waals surface area contributed by atoms with Gasteiger partial charge < -0.3 is 9.47 Å². The fourth-order valence-electron chi connectivity index (χ4n) is 3.85. The number of alkyl halides is 4. The number of carbonyl (C=O) groups excluding carboxylic acids is 2. The van der Waals surface area contributed by atoms with Gasteiger partial charge in [0.05, 0.1) is 17.7 Å². The lowest BCUT2D eigenvalue weighted by molar-refractivity contribution is -0.165. The van der Waals surface area contributed by atoms with Crippen LogP contribution in [0.1, 0.15) is 65.7 Å². The highest BCUT2D eigenvalue weighted by Gasteiger charge is 2.64. The number of ether oxygens (including phenoxy) is 2. The van der Waals surface area contributed by atoms with Crippen LogP contribution in [0.2, 0.25) is 0 Å². The second kappa shape index (κ2) is 10.5. The van der Waals surface area contributed by atoms with E-state index in [1.54, 1.807) is 24.3 Å². The topological polar surface area (TPSA) is 107 Å². The molecular formula is C23H24F4O7S. The molecule has 12 heteroatoms. The summed E-state index contributed by atoms with van der Waals surface area (Å²) in [4.78, 5) is 25.5. The van der Waals surface area contributed by atoms with Gasteiger partial charge in [0.2, 0.25) is 0 Å². The summed E-state index contributed by atoms with van der Waals surface area (Å²) in [5.41, 5.74) is -0.262. The molecule has 7 nitrogen and oxygen atoms in total. The van der Waals surface area contributed by atoms with Gasteiger partial charge in [-0.25, -0.2) is 9.59 Å². The van der Waals surface area contributed by atoms with E-state index in [-0.39, 0.29) is 17.2 Å². The molecule has 2 aromatic rings. The summed E-state index contributed by atoms with van der Waals surface area (Å²) in [6, 6.07) is 9.68. The quantitative estimate of drug-likeness (QED) is 0.205. The van der Waals surface area contributed by atoms with Crippen molar-refractivity contribution in [3.8, 4) is 0 Å². The molecule has 0 saturated heterocycles. The van der Waals surface area contributed by atoms with Gasteiger partial charge in [0.15, 0.2) is 0 Å². The number of hydrogen-bond donors (Lipinski definition) is 1. The molecule has 3 rings (SSSR count). The Kier molecular flexibility index (Phi) is 8.05. The molecule has 1 fully saturated rings. The third-order valence-corrected chi connectivity index (χ3v) is 6.72. The van der Waals surface area contributed by atoms with Gasteiger partial charge in [-0.3, -0.25) is 4.55 Å². The Balaban J connectivity index is 1.73. The molecule has 0 aliphatic heterocycles. The van der Waals surface area contributed by atoms with E-state index < -0.39 is 52.7 Å². The fraction of sp³-hybridized carbons (Fsp3) is 0.478. The van der Waals surface area contributed by atoms with Crippen LogP contribution in [0.4, 0.5) is 17.6 Å². The second-order valence-corrected chi connectivity index (χ2v) is 9.81. The molecule has 192 valence electrons. The van der Waals surface area contributed by atoms with Crippen LogP contribution in [-0.2, 0) is 19.6 Å². The van der Waals surface area contributed by atoms with E-state index >= 15 is 0 Å². The van der Waals surface area contributed by atoms with Gasteiger partial charge in [-0.05, 0) is 55.0 Å². The Morgan fingerprint density at radius 2 is 1.49 bits per heavy atom. The molecule has 0 heterocycles. The van der Waals surface area contributed by atoms with Crippen molar-refractivity contribution in [1.82, 2.24) is 0 Å². The minimum Gasteiger partial charge on any atom is -0.462 e. The normalized spacial score (nSPS) is 15.7. The van der Waals surface area contributed by atoms with Crippen LogP contribution in [0, 0.1) is 0 Å². The molecule has 1 N–H and O–H groups in total. The van der Waals surface area contributed by atoms with Gasteiger partial charge in [0.25, 0.3) is 0 Å². The third-order valence-electron chi connectivity index (χ3n) is 5.77. The van der Waals surface area contributed by atoms with Crippen LogP contribution in [0.15, 0.2) is 36.4 Å². The number of hydrogen-bond acceptors (Lipinski definition) is 6. The third kappa shape index (κ3) is 6.10. The number of carbonyl (C=O) groups is 2. The van der Waals surface area contributed by atoms with Crippen molar-refractivity contribution in [2.45, 2.75) is 62.2 Å². The molecule has 0 bridgehead atoms. The van der Waals surface area contributed by atoms with Crippen molar-refractivity contribution in [1.29, 1.82) is 0 Å². The summed E-state index contributed by atoms with van der Waals surface area (Å²) in [5.74, 6) is -6.89. The average molecular weight is 520 g/mol. The summed E-state index contributed by atoms with van der Waals surface area (Å²) in [6.45, 7) is -0.764. The molecular weight excluding hydrogens is 496 g/mol. The molecule has 0 atom stereocenters. The standard InChI is InChI=1S/C23H24F4O7S/c24-22(25,23(26,27)35(30,31)32)11-6-12-33-20(28)18-13-15-7-4-5-8-16(15)14-19(18)21(29)34-17-9-2-1-3-10-17/h4-5,7-8,13-14,17H,1-3,6,9-12H2,(H,30,31,32). The first-order chi connectivity index (χ1) is 16.3. The maximum Gasteiger partial charge on any atom is 0.431 e. The average Bonchev–Trinajstić information content (AvgIpc) is 2.80. The largest absolute Gasteiger partial charge is 0.462 e. The number of rotatable bonds is 9. The Bertz CT molecular complexity index is 1190. The van der Waals surface area contributed by atoms with Crippen molar-refractivity contribution in [2.24, 2.45) is 0 Å². The van der Waals surface area contributed by atoms with E-state index in [4.69, 9.17) is 14.0 Å². The predicted octanol–water partition coefficient (Wildman–Crippen LogP) is 5.38. The number of esters is 2. The lowest BCUT2D eigenvalue weighted by Gasteiger charge is -2.23. The minimum atomic E-state index is -6.35. The maximum atomic E-state index is 13.6. The van der Waals surface area contributed by atoms with Crippen LogP contribution in [-0.4, -0.2) is 48.8 Å². The molecule has 1 aliphatic rings. The maximum absolute atomic E-state index is 13.6. The lowest BCUT2D eigenvalue weighted by Crippen LogP contribution is -2.46. The van der Waals surface area contributed by atoms with Crippen LogP contribution >= 0.6 is 0 Å². The fourth-order valence-corrected chi connectivity index (χ4v) is 4.33. The molecule has 0 radical (unpaired) electrons. The minimum absolute atomic E-state index is 0.0810. The first-order valence-corrected chi connectivity index (χ1v) is 12.4. The second-order valence-electron chi connectivity index (χ2n) is 8.35. The molecule has 1 aliphatic carbocycles. The number of benzene rings is 2. The summed E-state index contributed by atoms with van der Waals surface area (Å²) in [7, 11) is -6.35. The van der Waals surface area contributed by atoms with E-state index in [2.05, 4.69) is 0 Å². The molecule has 35 heavy (non-hydrogen) atoms. The highest BCUT2D eigenvalue weighted by molar-refractivity contribution is 7.87. The van der Waals surface area contributed by atoms with Gasteiger partial charge in [0, 0.05) is 6.42 Å². The van der Waals surface area contributed by atoms with E-state index in [1.807, 2.05) is 0 Å². The highest BCUT2D eigenvalue weighted by atomic mass is 32.2. The Morgan fingerprint density at radius 3 is 2.03 bits per heavy atom. The lowest BCUT2D eigenvalue weighted by atomic mass is 9.97. The predicted molar refractivity (Wildman–Crippen MR) is 117 cm³/mol. The van der Waals surface area contributed by atoms with Crippen molar-refractivity contribution in [2.75, 3.05) is 6.61 Å². The molecule has 0 aromatic heterocycles. The van der Waals surface area contributed by atoms with Crippen molar-refractivity contribution in [3.05, 3.63) is 47.5 Å². The zero-order valence-electron chi connectivity index (χ0n) is 18.5. The zero-order valence-corrected chi connectivity index (χ0v) is 19.3. The van der Waals surface area contributed by atoms with E-state index in [0.717, 1.165) is 19.3 Å². The summed E-state index contributed by atoms with van der Waals surface area (Å²) in [6.07, 6.45) is 1.44. The van der Waals surface area contributed by atoms with Crippen molar-refractivity contribution in [3.63, 3.8) is 0 Å². The highest BCUT2D eigenvalue weighted by Crippen LogP contribution is 2.41. The summed E-state index contributed by atoms with van der Waals surface area (Å²) in [5, 5.41) is -4.46. The number of fused-ring (bicyclic) bond motifs is 1. The van der Waals surface area contributed by atoms with E-state index in [0.29, 0.717) is 23.6 Å². The first kappa shape index (κ1) is 26.9. The first-order valence-electron chi connectivity index (χ1n) is 11.0.